The van der Waals surface area contributed by atoms with Gasteiger partial charge in [0.25, 0.3) is 5.69 Å². The molecule has 0 N–H and O–H groups in total. The first kappa shape index (κ1) is 15.2. The molecule has 0 spiro atoms. The van der Waals surface area contributed by atoms with Crippen LogP contribution >= 0.6 is 26.6 Å². The maximum Gasteiger partial charge on any atom is 0.271 e. The molecular weight excluding hydrogens is 376 g/mol. The highest BCUT2D eigenvalue weighted by atomic mass is 79.9. The van der Waals surface area contributed by atoms with Crippen LogP contribution in [-0.2, 0) is 13.8 Å². The van der Waals surface area contributed by atoms with Crippen LogP contribution in [0.15, 0.2) is 22.7 Å². The van der Waals surface area contributed by atoms with Crippen molar-refractivity contribution >= 4 is 52.9 Å². The summed E-state index contributed by atoms with van der Waals surface area (Å²) in [6, 6.07) is 3.93. The van der Waals surface area contributed by atoms with Crippen LogP contribution in [0.4, 0.5) is 11.4 Å². The predicted octanol–water partition coefficient (Wildman–Crippen LogP) is 2.03. The Morgan fingerprint density at radius 3 is 2.60 bits per heavy atom. The van der Waals surface area contributed by atoms with Crippen molar-refractivity contribution in [2.45, 2.75) is 11.7 Å². The molecule has 2 rings (SSSR count). The Labute approximate surface area is 127 Å². The Morgan fingerprint density at radius 2 is 2.10 bits per heavy atom. The number of halogens is 2. The minimum atomic E-state index is -3.86. The van der Waals surface area contributed by atoms with E-state index in [1.807, 2.05) is 0 Å². The lowest BCUT2D eigenvalue weighted by atomic mass is 10.2. The maximum absolute atomic E-state index is 11.9. The summed E-state index contributed by atoms with van der Waals surface area (Å²) in [5.41, 5.74) is 0.0696. The summed E-state index contributed by atoms with van der Waals surface area (Å²) in [5, 5.41) is 9.74. The van der Waals surface area contributed by atoms with Gasteiger partial charge in [-0.25, -0.2) is 8.42 Å². The molecule has 1 aromatic carbocycles. The molecule has 7 nitrogen and oxygen atoms in total. The number of benzene rings is 1. The van der Waals surface area contributed by atoms with E-state index in [2.05, 4.69) is 15.9 Å². The van der Waals surface area contributed by atoms with Gasteiger partial charge in [0.05, 0.1) is 10.6 Å². The molecule has 1 amide bonds. The van der Waals surface area contributed by atoms with Gasteiger partial charge in [0, 0.05) is 40.3 Å². The van der Waals surface area contributed by atoms with Crippen molar-refractivity contribution < 1.29 is 18.1 Å². The Kier molecular flexibility index (Phi) is 4.03. The second-order valence-corrected chi connectivity index (χ2v) is 7.96. The highest BCUT2D eigenvalue weighted by Gasteiger charge is 2.38. The molecule has 0 aliphatic carbocycles. The van der Waals surface area contributed by atoms with Crippen molar-refractivity contribution in [3.05, 3.63) is 32.8 Å². The van der Waals surface area contributed by atoms with E-state index in [1.165, 1.54) is 23.1 Å². The summed E-state index contributed by atoms with van der Waals surface area (Å²) in [5.74, 6) is -0.444. The average Bonchev–Trinajstić information content (AvgIpc) is 2.71. The molecule has 1 heterocycles. The number of hydrogen-bond acceptors (Lipinski definition) is 5. The molecule has 1 unspecified atom stereocenters. The van der Waals surface area contributed by atoms with Crippen LogP contribution in [0.3, 0.4) is 0 Å². The van der Waals surface area contributed by atoms with Crippen molar-refractivity contribution in [2.24, 2.45) is 0 Å². The summed E-state index contributed by atoms with van der Waals surface area (Å²) in [6.07, 6.45) is -0.235. The third kappa shape index (κ3) is 2.94. The number of rotatable bonds is 3. The maximum atomic E-state index is 11.9. The van der Waals surface area contributed by atoms with E-state index in [9.17, 15) is 23.3 Å². The first-order valence-electron chi connectivity index (χ1n) is 5.38. The fraction of sp³-hybridized carbons (Fsp3) is 0.300. The van der Waals surface area contributed by atoms with Gasteiger partial charge in [0.15, 0.2) is 0 Å². The Balaban J connectivity index is 2.40. The van der Waals surface area contributed by atoms with Gasteiger partial charge in [-0.1, -0.05) is 0 Å². The Morgan fingerprint density at radius 1 is 1.45 bits per heavy atom. The molecule has 1 fully saturated rings. The highest BCUT2D eigenvalue weighted by molar-refractivity contribution is 9.10. The van der Waals surface area contributed by atoms with E-state index in [1.54, 1.807) is 0 Å². The monoisotopic (exact) mass is 382 g/mol. The zero-order valence-corrected chi connectivity index (χ0v) is 13.0. The van der Waals surface area contributed by atoms with Crippen LogP contribution in [0, 0.1) is 10.1 Å². The van der Waals surface area contributed by atoms with E-state index in [4.69, 9.17) is 10.7 Å². The number of nitro benzene ring substituents is 1. The number of hydrogen-bond donors (Lipinski definition) is 0. The Hall–Kier alpha value is -1.19. The number of carbonyl (C=O) groups is 1. The molecule has 0 saturated carbocycles. The molecule has 108 valence electrons. The summed E-state index contributed by atoms with van der Waals surface area (Å²) in [7, 11) is 1.40. The fourth-order valence-corrected chi connectivity index (χ4v) is 3.41. The molecule has 1 aliphatic rings. The van der Waals surface area contributed by atoms with Gasteiger partial charge in [-0.15, -0.1) is 0 Å². The van der Waals surface area contributed by atoms with E-state index >= 15 is 0 Å². The molecule has 20 heavy (non-hydrogen) atoms. The van der Waals surface area contributed by atoms with Gasteiger partial charge in [-0.3, -0.25) is 14.9 Å². The zero-order chi connectivity index (χ0) is 15.1. The molecule has 1 saturated heterocycles. The largest absolute Gasteiger partial charge is 0.310 e. The van der Waals surface area contributed by atoms with E-state index in [0.29, 0.717) is 4.47 Å². The first-order chi connectivity index (χ1) is 9.20. The third-order valence-corrected chi connectivity index (χ3v) is 5.46. The zero-order valence-electron chi connectivity index (χ0n) is 9.82. The molecular formula is C10H8BrClN2O5S. The third-order valence-electron chi connectivity index (χ3n) is 2.92. The second-order valence-electron chi connectivity index (χ2n) is 4.20. The normalized spacial score (nSPS) is 19.4. The highest BCUT2D eigenvalue weighted by Crippen LogP contribution is 2.34. The smallest absolute Gasteiger partial charge is 0.271 e. The number of nitro groups is 1. The standard InChI is InChI=1S/C10H8BrClN2O5S/c11-8-2-1-6(14(16)17)3-9(8)13-5-7(4-10(13)15)20(12,18)19/h1-3,7H,4-5H2. The average molecular weight is 384 g/mol. The van der Waals surface area contributed by atoms with Gasteiger partial charge in [-0.2, -0.15) is 0 Å². The van der Waals surface area contributed by atoms with Gasteiger partial charge in [0.1, 0.15) is 5.25 Å². The fourth-order valence-electron chi connectivity index (χ4n) is 1.92. The molecule has 0 aromatic heterocycles. The minimum Gasteiger partial charge on any atom is -0.310 e. The number of amides is 1. The lowest BCUT2D eigenvalue weighted by Gasteiger charge is -2.17. The van der Waals surface area contributed by atoms with Crippen molar-refractivity contribution in [2.75, 3.05) is 11.4 Å². The molecule has 1 atom stereocenters. The van der Waals surface area contributed by atoms with Crippen LogP contribution in [-0.4, -0.2) is 31.0 Å². The van der Waals surface area contributed by atoms with Crippen molar-refractivity contribution in [3.63, 3.8) is 0 Å². The molecule has 10 heteroatoms. The number of nitrogens with zero attached hydrogens (tertiary/aromatic N) is 2. The van der Waals surface area contributed by atoms with E-state index in [0.717, 1.165) is 0 Å². The van der Waals surface area contributed by atoms with Gasteiger partial charge >= 0.3 is 0 Å². The molecule has 1 aromatic rings. The summed E-state index contributed by atoms with van der Waals surface area (Å²) >= 11 is 3.19. The van der Waals surface area contributed by atoms with Crippen molar-refractivity contribution in [1.82, 2.24) is 0 Å². The van der Waals surface area contributed by atoms with Crippen LogP contribution in [0.2, 0.25) is 0 Å². The van der Waals surface area contributed by atoms with Crippen LogP contribution in [0.25, 0.3) is 0 Å². The lowest BCUT2D eigenvalue weighted by molar-refractivity contribution is -0.384. The molecule has 0 radical (unpaired) electrons. The quantitative estimate of drug-likeness (QED) is 0.452. The minimum absolute atomic E-state index is 0.121. The second kappa shape index (κ2) is 5.30. The van der Waals surface area contributed by atoms with Gasteiger partial charge in [-0.05, 0) is 22.0 Å². The SMILES string of the molecule is O=C1CC(S(=O)(=O)Cl)CN1c1cc([N+](=O)[O-])ccc1Br. The van der Waals surface area contributed by atoms with Crippen LogP contribution in [0.5, 0.6) is 0 Å². The number of carbonyl (C=O) groups excluding carboxylic acids is 1. The van der Waals surface area contributed by atoms with E-state index < -0.39 is 25.1 Å². The van der Waals surface area contributed by atoms with Crippen LogP contribution in [0.1, 0.15) is 6.42 Å². The van der Waals surface area contributed by atoms with Gasteiger partial charge < -0.3 is 4.90 Å². The van der Waals surface area contributed by atoms with Crippen molar-refractivity contribution in [1.29, 1.82) is 0 Å². The van der Waals surface area contributed by atoms with Gasteiger partial charge in [0.2, 0.25) is 15.0 Å². The number of non-ortho nitro benzene ring substituents is 1. The predicted molar refractivity (Wildman–Crippen MR) is 76.3 cm³/mol. The topological polar surface area (TPSA) is 97.6 Å². The van der Waals surface area contributed by atoms with E-state index in [-0.39, 0.29) is 24.3 Å². The van der Waals surface area contributed by atoms with Crippen LogP contribution < -0.4 is 4.90 Å². The summed E-state index contributed by atoms with van der Waals surface area (Å²) in [4.78, 5) is 23.2. The number of anilines is 1. The Bertz CT molecular complexity index is 693. The molecule has 1 aliphatic heterocycles. The summed E-state index contributed by atoms with van der Waals surface area (Å²) < 4.78 is 23.0. The van der Waals surface area contributed by atoms with Crippen molar-refractivity contribution in [3.8, 4) is 0 Å². The lowest BCUT2D eigenvalue weighted by Crippen LogP contribution is -2.27. The molecule has 0 bridgehead atoms. The summed E-state index contributed by atoms with van der Waals surface area (Å²) in [6.45, 7) is -0.121. The first-order valence-corrected chi connectivity index (χ1v) is 8.54.